The molecule has 0 aliphatic heterocycles. The zero-order chi connectivity index (χ0) is 17.8. The summed E-state index contributed by atoms with van der Waals surface area (Å²) in [5, 5.41) is 10.2. The summed E-state index contributed by atoms with van der Waals surface area (Å²) in [6.45, 7) is 1.84. The lowest BCUT2D eigenvalue weighted by molar-refractivity contribution is -0.116. The average molecular weight is 343 g/mol. The Kier molecular flexibility index (Phi) is 4.83. The molecule has 128 valence electrons. The Morgan fingerprint density at radius 1 is 1.20 bits per heavy atom. The van der Waals surface area contributed by atoms with E-state index in [-0.39, 0.29) is 24.3 Å². The number of rotatable bonds is 5. The minimum Gasteiger partial charge on any atom is -0.423 e. The Hall–Kier alpha value is -3.09. The summed E-state index contributed by atoms with van der Waals surface area (Å²) in [4.78, 5) is 12.2. The van der Waals surface area contributed by atoms with Crippen LogP contribution in [0.15, 0.2) is 47.2 Å². The predicted molar refractivity (Wildman–Crippen MR) is 87.8 cm³/mol. The van der Waals surface area contributed by atoms with Gasteiger partial charge >= 0.3 is 0 Å². The van der Waals surface area contributed by atoms with E-state index in [2.05, 4.69) is 15.5 Å². The van der Waals surface area contributed by atoms with Crippen molar-refractivity contribution >= 4 is 11.6 Å². The molecule has 1 heterocycles. The standard InChI is InChI=1S/C18H15F2N3O2/c1-11-5-6-12(18-23-21-10-25-18)9-16(11)22-17(24)8-7-13-14(19)3-2-4-15(13)20/h2-6,9-10H,7-8H2,1H3,(H,22,24). The number of carbonyl (C=O) groups is 1. The topological polar surface area (TPSA) is 68.0 Å². The maximum Gasteiger partial charge on any atom is 0.247 e. The van der Waals surface area contributed by atoms with E-state index in [1.807, 2.05) is 13.0 Å². The van der Waals surface area contributed by atoms with E-state index in [4.69, 9.17) is 4.42 Å². The summed E-state index contributed by atoms with van der Waals surface area (Å²) >= 11 is 0. The van der Waals surface area contributed by atoms with Gasteiger partial charge in [-0.15, -0.1) is 10.2 Å². The molecule has 0 bridgehead atoms. The van der Waals surface area contributed by atoms with Gasteiger partial charge in [0.1, 0.15) is 11.6 Å². The third-order valence-corrected chi connectivity index (χ3v) is 3.78. The first kappa shape index (κ1) is 16.8. The maximum absolute atomic E-state index is 13.6. The lowest BCUT2D eigenvalue weighted by Crippen LogP contribution is -2.14. The van der Waals surface area contributed by atoms with E-state index in [0.29, 0.717) is 17.1 Å². The van der Waals surface area contributed by atoms with Crippen LogP contribution in [0.3, 0.4) is 0 Å². The number of nitrogens with one attached hydrogen (secondary N) is 1. The highest BCUT2D eigenvalue weighted by Gasteiger charge is 2.13. The molecule has 0 radical (unpaired) electrons. The Labute approximate surface area is 142 Å². The first-order valence-electron chi connectivity index (χ1n) is 7.64. The van der Waals surface area contributed by atoms with Gasteiger partial charge in [0.05, 0.1) is 0 Å². The third-order valence-electron chi connectivity index (χ3n) is 3.78. The normalized spacial score (nSPS) is 10.7. The number of aryl methyl sites for hydroxylation is 1. The van der Waals surface area contributed by atoms with Gasteiger partial charge in [0.2, 0.25) is 18.2 Å². The van der Waals surface area contributed by atoms with Gasteiger partial charge in [-0.3, -0.25) is 4.79 Å². The Morgan fingerprint density at radius 3 is 2.64 bits per heavy atom. The number of hydrogen-bond acceptors (Lipinski definition) is 4. The zero-order valence-electron chi connectivity index (χ0n) is 13.4. The monoisotopic (exact) mass is 343 g/mol. The van der Waals surface area contributed by atoms with Gasteiger partial charge in [0, 0.05) is 23.2 Å². The number of nitrogens with zero attached hydrogens (tertiary/aromatic N) is 2. The number of halogens is 2. The third kappa shape index (κ3) is 3.88. The molecular formula is C18H15F2N3O2. The molecule has 0 saturated heterocycles. The van der Waals surface area contributed by atoms with Gasteiger partial charge in [-0.05, 0) is 43.2 Å². The van der Waals surface area contributed by atoms with Gasteiger partial charge in [0.25, 0.3) is 0 Å². The van der Waals surface area contributed by atoms with Crippen LogP contribution < -0.4 is 5.32 Å². The van der Waals surface area contributed by atoms with Crippen LogP contribution in [0.1, 0.15) is 17.5 Å². The summed E-state index contributed by atoms with van der Waals surface area (Å²) in [6, 6.07) is 8.96. The largest absolute Gasteiger partial charge is 0.423 e. The molecule has 3 rings (SSSR count). The van der Waals surface area contributed by atoms with Crippen LogP contribution >= 0.6 is 0 Å². The molecular weight excluding hydrogens is 328 g/mol. The van der Waals surface area contributed by atoms with Crippen LogP contribution in [-0.4, -0.2) is 16.1 Å². The highest BCUT2D eigenvalue weighted by Crippen LogP contribution is 2.24. The lowest BCUT2D eigenvalue weighted by Gasteiger charge is -2.10. The molecule has 1 amide bonds. The van der Waals surface area contributed by atoms with Gasteiger partial charge < -0.3 is 9.73 Å². The van der Waals surface area contributed by atoms with Crippen molar-refractivity contribution in [1.29, 1.82) is 0 Å². The second kappa shape index (κ2) is 7.21. The SMILES string of the molecule is Cc1ccc(-c2nnco2)cc1NC(=O)CCc1c(F)cccc1F. The van der Waals surface area contributed by atoms with Gasteiger partial charge in [-0.1, -0.05) is 12.1 Å². The quantitative estimate of drug-likeness (QED) is 0.763. The summed E-state index contributed by atoms with van der Waals surface area (Å²) in [7, 11) is 0. The summed E-state index contributed by atoms with van der Waals surface area (Å²) in [6.07, 6.45) is 1.16. The minimum absolute atomic E-state index is 0.0211. The van der Waals surface area contributed by atoms with E-state index >= 15 is 0 Å². The Morgan fingerprint density at radius 2 is 1.96 bits per heavy atom. The fourth-order valence-electron chi connectivity index (χ4n) is 2.41. The predicted octanol–water partition coefficient (Wildman–Crippen LogP) is 3.89. The fourth-order valence-corrected chi connectivity index (χ4v) is 2.41. The molecule has 1 aromatic heterocycles. The Bertz CT molecular complexity index is 875. The molecule has 0 saturated carbocycles. The first-order chi connectivity index (χ1) is 12.0. The zero-order valence-corrected chi connectivity index (χ0v) is 13.4. The molecule has 25 heavy (non-hydrogen) atoms. The highest BCUT2D eigenvalue weighted by molar-refractivity contribution is 5.92. The lowest BCUT2D eigenvalue weighted by atomic mass is 10.1. The molecule has 5 nitrogen and oxygen atoms in total. The van der Waals surface area contributed by atoms with Crippen LogP contribution in [0.5, 0.6) is 0 Å². The number of benzene rings is 2. The van der Waals surface area contributed by atoms with Gasteiger partial charge in [-0.2, -0.15) is 0 Å². The van der Waals surface area contributed by atoms with E-state index in [1.54, 1.807) is 12.1 Å². The second-order valence-corrected chi connectivity index (χ2v) is 5.52. The molecule has 2 aromatic carbocycles. The number of aromatic nitrogens is 2. The van der Waals surface area contributed by atoms with E-state index < -0.39 is 11.6 Å². The molecule has 0 atom stereocenters. The van der Waals surface area contributed by atoms with Crippen LogP contribution in [-0.2, 0) is 11.2 Å². The van der Waals surface area contributed by atoms with E-state index in [9.17, 15) is 13.6 Å². The van der Waals surface area contributed by atoms with Crippen LogP contribution in [0.25, 0.3) is 11.5 Å². The first-order valence-corrected chi connectivity index (χ1v) is 7.64. The van der Waals surface area contributed by atoms with Crippen molar-refractivity contribution in [1.82, 2.24) is 10.2 Å². The molecule has 7 heteroatoms. The van der Waals surface area contributed by atoms with Gasteiger partial charge in [-0.25, -0.2) is 8.78 Å². The second-order valence-electron chi connectivity index (χ2n) is 5.52. The summed E-state index contributed by atoms with van der Waals surface area (Å²) < 4.78 is 32.3. The molecule has 0 unspecified atom stereocenters. The summed E-state index contributed by atoms with van der Waals surface area (Å²) in [5.41, 5.74) is 2.00. The van der Waals surface area contributed by atoms with Crippen LogP contribution in [0, 0.1) is 18.6 Å². The number of amides is 1. The van der Waals surface area contributed by atoms with E-state index in [1.165, 1.54) is 24.6 Å². The van der Waals surface area contributed by atoms with Crippen molar-refractivity contribution in [2.45, 2.75) is 19.8 Å². The van der Waals surface area contributed by atoms with Crippen molar-refractivity contribution < 1.29 is 18.0 Å². The molecule has 0 aliphatic rings. The van der Waals surface area contributed by atoms with Crippen molar-refractivity contribution in [3.63, 3.8) is 0 Å². The number of carbonyl (C=O) groups excluding carboxylic acids is 1. The molecule has 0 fully saturated rings. The van der Waals surface area contributed by atoms with Crippen molar-refractivity contribution in [3.8, 4) is 11.5 Å². The highest BCUT2D eigenvalue weighted by atomic mass is 19.1. The average Bonchev–Trinajstić information content (AvgIpc) is 3.11. The minimum atomic E-state index is -0.651. The van der Waals surface area contributed by atoms with Crippen LogP contribution in [0.4, 0.5) is 14.5 Å². The number of hydrogen-bond donors (Lipinski definition) is 1. The molecule has 0 spiro atoms. The molecule has 0 aliphatic carbocycles. The molecule has 1 N–H and O–H groups in total. The molecule has 3 aromatic rings. The smallest absolute Gasteiger partial charge is 0.247 e. The van der Waals surface area contributed by atoms with Crippen molar-refractivity contribution in [3.05, 3.63) is 65.6 Å². The van der Waals surface area contributed by atoms with E-state index in [0.717, 1.165) is 5.56 Å². The maximum atomic E-state index is 13.6. The summed E-state index contributed by atoms with van der Waals surface area (Å²) in [5.74, 6) is -1.30. The fraction of sp³-hybridized carbons (Fsp3) is 0.167. The van der Waals surface area contributed by atoms with Crippen molar-refractivity contribution in [2.75, 3.05) is 5.32 Å². The van der Waals surface area contributed by atoms with Crippen molar-refractivity contribution in [2.24, 2.45) is 0 Å². The Balaban J connectivity index is 1.70. The van der Waals surface area contributed by atoms with Gasteiger partial charge in [0.15, 0.2) is 0 Å². The van der Waals surface area contributed by atoms with Crippen LogP contribution in [0.2, 0.25) is 0 Å². The number of anilines is 1.